The lowest BCUT2D eigenvalue weighted by Gasteiger charge is -2.35. The molecule has 0 spiro atoms. The second kappa shape index (κ2) is 7.70. The van der Waals surface area contributed by atoms with Crippen molar-refractivity contribution in [3.63, 3.8) is 0 Å². The number of esters is 1. The molecule has 1 saturated heterocycles. The highest BCUT2D eigenvalue weighted by atomic mass is 35.5. The predicted octanol–water partition coefficient (Wildman–Crippen LogP) is 1.11. The lowest BCUT2D eigenvalue weighted by molar-refractivity contribution is -0.151. The summed E-state index contributed by atoms with van der Waals surface area (Å²) in [5, 5.41) is 6.00. The molecule has 2 unspecified atom stereocenters. The summed E-state index contributed by atoms with van der Waals surface area (Å²) in [6.07, 6.45) is 1.40. The first-order valence-corrected chi connectivity index (χ1v) is 6.55. The quantitative estimate of drug-likeness (QED) is 0.720. The normalized spacial score (nSPS) is 19.4. The van der Waals surface area contributed by atoms with Crippen molar-refractivity contribution in [1.29, 1.82) is 0 Å². The van der Waals surface area contributed by atoms with E-state index in [-0.39, 0.29) is 30.2 Å². The zero-order valence-corrected chi connectivity index (χ0v) is 12.9. The van der Waals surface area contributed by atoms with Crippen LogP contribution in [0, 0.1) is 11.8 Å². The van der Waals surface area contributed by atoms with Crippen LogP contribution in [0.25, 0.3) is 0 Å². The number of ether oxygens (including phenoxy) is 1. The van der Waals surface area contributed by atoms with E-state index in [0.29, 0.717) is 12.3 Å². The van der Waals surface area contributed by atoms with E-state index in [0.717, 1.165) is 19.5 Å². The molecule has 0 aromatic carbocycles. The predicted molar refractivity (Wildman–Crippen MR) is 76.2 cm³/mol. The fraction of sp³-hybridized carbons (Fsp3) is 0.846. The molecule has 1 rings (SSSR count). The molecule has 2 N–H and O–H groups in total. The van der Waals surface area contributed by atoms with Gasteiger partial charge in [0, 0.05) is 5.92 Å². The molecule has 0 aliphatic carbocycles. The van der Waals surface area contributed by atoms with Crippen LogP contribution in [-0.4, -0.2) is 37.6 Å². The van der Waals surface area contributed by atoms with Gasteiger partial charge in [-0.15, -0.1) is 12.4 Å². The van der Waals surface area contributed by atoms with Crippen molar-refractivity contribution in [2.75, 3.05) is 20.2 Å². The molecule has 1 aliphatic rings. The number of methoxy groups -OCH3 is 1. The Labute approximate surface area is 121 Å². The Hall–Kier alpha value is -0.810. The minimum Gasteiger partial charge on any atom is -0.467 e. The third-order valence-electron chi connectivity index (χ3n) is 3.72. The minimum atomic E-state index is -0.911. The van der Waals surface area contributed by atoms with Gasteiger partial charge in [0.2, 0.25) is 5.91 Å². The van der Waals surface area contributed by atoms with E-state index >= 15 is 0 Å². The van der Waals surface area contributed by atoms with E-state index in [2.05, 4.69) is 10.6 Å². The van der Waals surface area contributed by atoms with Crippen molar-refractivity contribution >= 4 is 24.3 Å². The van der Waals surface area contributed by atoms with Crippen molar-refractivity contribution in [1.82, 2.24) is 10.6 Å². The van der Waals surface area contributed by atoms with Gasteiger partial charge in [0.05, 0.1) is 7.11 Å². The summed E-state index contributed by atoms with van der Waals surface area (Å²) in [5.74, 6) is -0.153. The molecule has 0 radical (unpaired) electrons. The van der Waals surface area contributed by atoms with Crippen molar-refractivity contribution in [3.05, 3.63) is 0 Å². The number of rotatable bonds is 6. The molecular formula is C13H25ClN2O3. The largest absolute Gasteiger partial charge is 0.467 e. The molecule has 1 heterocycles. The van der Waals surface area contributed by atoms with Gasteiger partial charge in [0.15, 0.2) is 0 Å². The summed E-state index contributed by atoms with van der Waals surface area (Å²) >= 11 is 0. The fourth-order valence-corrected chi connectivity index (χ4v) is 2.21. The van der Waals surface area contributed by atoms with Crippen LogP contribution >= 0.6 is 12.4 Å². The molecule has 1 fully saturated rings. The average Bonchev–Trinajstić information content (AvgIpc) is 2.25. The monoisotopic (exact) mass is 292 g/mol. The molecule has 2 atom stereocenters. The van der Waals surface area contributed by atoms with Crippen molar-refractivity contribution < 1.29 is 14.3 Å². The van der Waals surface area contributed by atoms with E-state index in [1.807, 2.05) is 13.8 Å². The van der Waals surface area contributed by atoms with Crippen LogP contribution in [0.5, 0.6) is 0 Å². The van der Waals surface area contributed by atoms with E-state index in [4.69, 9.17) is 4.74 Å². The summed E-state index contributed by atoms with van der Waals surface area (Å²) in [6.45, 7) is 7.36. The number of hydrogen-bond donors (Lipinski definition) is 2. The summed E-state index contributed by atoms with van der Waals surface area (Å²) in [5.41, 5.74) is -0.911. The minimum absolute atomic E-state index is 0. The van der Waals surface area contributed by atoms with Gasteiger partial charge in [-0.25, -0.2) is 4.79 Å². The molecule has 6 heteroatoms. The van der Waals surface area contributed by atoms with E-state index in [1.54, 1.807) is 6.92 Å². The summed E-state index contributed by atoms with van der Waals surface area (Å²) in [6, 6.07) is 0. The molecule has 0 aromatic heterocycles. The standard InChI is InChI=1S/C13H24N2O3.ClH/c1-5-6-13(3,12(17)18-4)15-11(16)9(2)10-7-14-8-10;/h9-10,14H,5-8H2,1-4H3,(H,15,16);1H. The molecule has 0 saturated carbocycles. The van der Waals surface area contributed by atoms with Gasteiger partial charge in [0.1, 0.15) is 5.54 Å². The summed E-state index contributed by atoms with van der Waals surface area (Å²) in [4.78, 5) is 23.9. The second-order valence-electron chi connectivity index (χ2n) is 5.27. The first-order valence-electron chi connectivity index (χ1n) is 6.55. The highest BCUT2D eigenvalue weighted by molar-refractivity contribution is 5.88. The van der Waals surface area contributed by atoms with Crippen LogP contribution in [0.2, 0.25) is 0 Å². The molecule has 5 nitrogen and oxygen atoms in total. The van der Waals surface area contributed by atoms with Crippen molar-refractivity contribution in [2.24, 2.45) is 11.8 Å². The molecular weight excluding hydrogens is 268 g/mol. The van der Waals surface area contributed by atoms with Crippen LogP contribution in [0.4, 0.5) is 0 Å². The lowest BCUT2D eigenvalue weighted by atomic mass is 9.87. The fourth-order valence-electron chi connectivity index (χ4n) is 2.21. The SMILES string of the molecule is CCCC(C)(NC(=O)C(C)C1CNC1)C(=O)OC.Cl. The maximum atomic E-state index is 12.1. The maximum Gasteiger partial charge on any atom is 0.331 e. The number of carbonyl (C=O) groups excluding carboxylic acids is 2. The van der Waals surface area contributed by atoms with Gasteiger partial charge in [-0.1, -0.05) is 20.3 Å². The average molecular weight is 293 g/mol. The number of carbonyl (C=O) groups is 2. The third kappa shape index (κ3) is 4.35. The van der Waals surface area contributed by atoms with Crippen LogP contribution in [0.3, 0.4) is 0 Å². The molecule has 19 heavy (non-hydrogen) atoms. The number of hydrogen-bond acceptors (Lipinski definition) is 4. The van der Waals surface area contributed by atoms with Gasteiger partial charge in [0.25, 0.3) is 0 Å². The first-order chi connectivity index (χ1) is 8.44. The zero-order valence-electron chi connectivity index (χ0n) is 12.1. The van der Waals surface area contributed by atoms with E-state index in [1.165, 1.54) is 7.11 Å². The number of halogens is 1. The Morgan fingerprint density at radius 2 is 2.05 bits per heavy atom. The number of amides is 1. The van der Waals surface area contributed by atoms with E-state index in [9.17, 15) is 9.59 Å². The highest BCUT2D eigenvalue weighted by Gasteiger charge is 2.38. The molecule has 0 bridgehead atoms. The Bertz CT molecular complexity index is 321. The summed E-state index contributed by atoms with van der Waals surface area (Å²) in [7, 11) is 1.35. The molecule has 1 amide bonds. The van der Waals surface area contributed by atoms with E-state index < -0.39 is 5.54 Å². The van der Waals surface area contributed by atoms with Gasteiger partial charge in [-0.2, -0.15) is 0 Å². The molecule has 112 valence electrons. The zero-order chi connectivity index (χ0) is 13.8. The maximum absolute atomic E-state index is 12.1. The summed E-state index contributed by atoms with van der Waals surface area (Å²) < 4.78 is 4.78. The van der Waals surface area contributed by atoms with Crippen LogP contribution in [0.15, 0.2) is 0 Å². The number of nitrogens with one attached hydrogen (secondary N) is 2. The molecule has 0 aromatic rings. The first kappa shape index (κ1) is 18.2. The van der Waals surface area contributed by atoms with Crippen LogP contribution in [-0.2, 0) is 14.3 Å². The van der Waals surface area contributed by atoms with Gasteiger partial charge < -0.3 is 15.4 Å². The topological polar surface area (TPSA) is 67.4 Å². The lowest BCUT2D eigenvalue weighted by Crippen LogP contribution is -2.57. The van der Waals surface area contributed by atoms with Gasteiger partial charge >= 0.3 is 5.97 Å². The van der Waals surface area contributed by atoms with Crippen LogP contribution in [0.1, 0.15) is 33.6 Å². The second-order valence-corrected chi connectivity index (χ2v) is 5.27. The third-order valence-corrected chi connectivity index (χ3v) is 3.72. The van der Waals surface area contributed by atoms with Crippen molar-refractivity contribution in [3.8, 4) is 0 Å². The highest BCUT2D eigenvalue weighted by Crippen LogP contribution is 2.20. The molecule has 1 aliphatic heterocycles. The Balaban J connectivity index is 0.00000324. The Morgan fingerprint density at radius 3 is 2.42 bits per heavy atom. The Morgan fingerprint density at radius 1 is 1.47 bits per heavy atom. The van der Waals surface area contributed by atoms with Gasteiger partial charge in [-0.3, -0.25) is 4.79 Å². The van der Waals surface area contributed by atoms with Crippen molar-refractivity contribution in [2.45, 2.75) is 39.2 Å². The smallest absolute Gasteiger partial charge is 0.331 e. The van der Waals surface area contributed by atoms with Gasteiger partial charge in [-0.05, 0) is 32.4 Å². The Kier molecular flexibility index (Phi) is 7.37. The van der Waals surface area contributed by atoms with Crippen LogP contribution < -0.4 is 10.6 Å².